The van der Waals surface area contributed by atoms with Crippen LogP contribution in [0.4, 0.5) is 10.5 Å². The summed E-state index contributed by atoms with van der Waals surface area (Å²) in [5.41, 5.74) is 0.578. The second-order valence-electron chi connectivity index (χ2n) is 4.03. The highest BCUT2D eigenvalue weighted by Crippen LogP contribution is 2.17. The van der Waals surface area contributed by atoms with Gasteiger partial charge in [-0.3, -0.25) is 4.79 Å². The van der Waals surface area contributed by atoms with Gasteiger partial charge in [0.1, 0.15) is 5.75 Å². The van der Waals surface area contributed by atoms with E-state index in [2.05, 4.69) is 10.6 Å². The topological polar surface area (TPSA) is 67.4 Å². The molecule has 0 saturated heterocycles. The van der Waals surface area contributed by atoms with Crippen molar-refractivity contribution in [1.29, 1.82) is 0 Å². The predicted molar refractivity (Wildman–Crippen MR) is 69.7 cm³/mol. The molecule has 2 amide bonds. The third-order valence-corrected chi connectivity index (χ3v) is 2.34. The molecule has 1 unspecified atom stereocenters. The van der Waals surface area contributed by atoms with Crippen molar-refractivity contribution in [3.05, 3.63) is 24.3 Å². The van der Waals surface area contributed by atoms with Crippen LogP contribution in [-0.2, 0) is 4.79 Å². The van der Waals surface area contributed by atoms with Crippen molar-refractivity contribution in [2.24, 2.45) is 0 Å². The second kappa shape index (κ2) is 6.64. The third kappa shape index (κ3) is 4.86. The van der Waals surface area contributed by atoms with Crippen molar-refractivity contribution >= 4 is 17.7 Å². The van der Waals surface area contributed by atoms with E-state index in [0.29, 0.717) is 11.4 Å². The van der Waals surface area contributed by atoms with Gasteiger partial charge in [-0.2, -0.15) is 0 Å². The first-order valence-corrected chi connectivity index (χ1v) is 5.87. The number of urea groups is 1. The van der Waals surface area contributed by atoms with Gasteiger partial charge >= 0.3 is 12.0 Å². The highest BCUT2D eigenvalue weighted by molar-refractivity contribution is 5.89. The van der Waals surface area contributed by atoms with Crippen LogP contribution in [0.5, 0.6) is 5.75 Å². The Morgan fingerprint density at radius 3 is 2.72 bits per heavy atom. The summed E-state index contributed by atoms with van der Waals surface area (Å²) in [5.74, 6) is 0.0139. The first kappa shape index (κ1) is 14.0. The molecule has 0 aliphatic carbocycles. The molecule has 1 aromatic carbocycles. The molecule has 2 N–H and O–H groups in total. The van der Waals surface area contributed by atoms with Gasteiger partial charge in [0, 0.05) is 24.7 Å². The fourth-order valence-corrected chi connectivity index (χ4v) is 1.30. The molecule has 0 aliphatic rings. The molecule has 1 atom stereocenters. The zero-order valence-electron chi connectivity index (χ0n) is 10.8. The predicted octanol–water partition coefficient (Wildman–Crippen LogP) is 2.53. The Morgan fingerprint density at radius 2 is 2.11 bits per heavy atom. The summed E-state index contributed by atoms with van der Waals surface area (Å²) in [4.78, 5) is 22.4. The van der Waals surface area contributed by atoms with E-state index in [1.165, 1.54) is 6.92 Å². The number of benzene rings is 1. The van der Waals surface area contributed by atoms with Crippen molar-refractivity contribution in [2.45, 2.75) is 33.2 Å². The van der Waals surface area contributed by atoms with Crippen LogP contribution in [-0.4, -0.2) is 18.0 Å². The van der Waals surface area contributed by atoms with Gasteiger partial charge < -0.3 is 15.4 Å². The van der Waals surface area contributed by atoms with E-state index in [4.69, 9.17) is 4.74 Å². The van der Waals surface area contributed by atoms with Crippen molar-refractivity contribution in [1.82, 2.24) is 5.32 Å². The minimum absolute atomic E-state index is 0.113. The summed E-state index contributed by atoms with van der Waals surface area (Å²) in [6.07, 6.45) is 0.862. The molecule has 0 aromatic heterocycles. The van der Waals surface area contributed by atoms with Crippen molar-refractivity contribution in [3.8, 4) is 5.75 Å². The normalized spacial score (nSPS) is 11.5. The van der Waals surface area contributed by atoms with Gasteiger partial charge in [0.25, 0.3) is 0 Å². The lowest BCUT2D eigenvalue weighted by molar-refractivity contribution is -0.131. The Hall–Kier alpha value is -2.04. The number of esters is 1. The van der Waals surface area contributed by atoms with Gasteiger partial charge in [0.2, 0.25) is 0 Å². The average Bonchev–Trinajstić information content (AvgIpc) is 2.28. The smallest absolute Gasteiger partial charge is 0.319 e. The molecule has 0 aliphatic heterocycles. The molecule has 1 aromatic rings. The molecule has 0 fully saturated rings. The fourth-order valence-electron chi connectivity index (χ4n) is 1.30. The monoisotopic (exact) mass is 250 g/mol. The Kier molecular flexibility index (Phi) is 5.17. The minimum Gasteiger partial charge on any atom is -0.427 e. The molecule has 0 spiro atoms. The van der Waals surface area contributed by atoms with Crippen LogP contribution in [0.1, 0.15) is 27.2 Å². The number of rotatable bonds is 4. The van der Waals surface area contributed by atoms with Crippen molar-refractivity contribution < 1.29 is 14.3 Å². The molecule has 0 heterocycles. The highest BCUT2D eigenvalue weighted by Gasteiger charge is 2.06. The molecule has 5 heteroatoms. The first-order chi connectivity index (χ1) is 8.51. The Labute approximate surface area is 107 Å². The number of ether oxygens (including phenoxy) is 1. The maximum Gasteiger partial charge on any atom is 0.319 e. The molecule has 98 valence electrons. The summed E-state index contributed by atoms with van der Waals surface area (Å²) in [6.45, 7) is 5.25. The van der Waals surface area contributed by atoms with E-state index in [0.717, 1.165) is 6.42 Å². The lowest BCUT2D eigenvalue weighted by atomic mass is 10.2. The second-order valence-corrected chi connectivity index (χ2v) is 4.03. The number of anilines is 1. The van der Waals surface area contributed by atoms with Crippen molar-refractivity contribution in [2.75, 3.05) is 5.32 Å². The van der Waals surface area contributed by atoms with E-state index in [9.17, 15) is 9.59 Å². The molecule has 0 bridgehead atoms. The van der Waals surface area contributed by atoms with Gasteiger partial charge in [-0.15, -0.1) is 0 Å². The number of hydrogen-bond acceptors (Lipinski definition) is 3. The molecular formula is C13H18N2O3. The zero-order chi connectivity index (χ0) is 13.5. The first-order valence-electron chi connectivity index (χ1n) is 5.87. The van der Waals surface area contributed by atoms with Crippen LogP contribution in [0, 0.1) is 0 Å². The maximum absolute atomic E-state index is 11.6. The summed E-state index contributed by atoms with van der Waals surface area (Å²) in [5, 5.41) is 5.46. The van der Waals surface area contributed by atoms with Gasteiger partial charge in [-0.05, 0) is 25.5 Å². The van der Waals surface area contributed by atoms with Gasteiger partial charge in [0.15, 0.2) is 0 Å². The van der Waals surface area contributed by atoms with Gasteiger partial charge in [-0.1, -0.05) is 13.0 Å². The van der Waals surface area contributed by atoms with Crippen LogP contribution in [0.25, 0.3) is 0 Å². The molecule has 0 saturated carbocycles. The highest BCUT2D eigenvalue weighted by atomic mass is 16.5. The molecule has 5 nitrogen and oxygen atoms in total. The van der Waals surface area contributed by atoms with Gasteiger partial charge in [0.05, 0.1) is 0 Å². The van der Waals surface area contributed by atoms with E-state index in [1.807, 2.05) is 13.8 Å². The summed E-state index contributed by atoms with van der Waals surface area (Å²) >= 11 is 0. The summed E-state index contributed by atoms with van der Waals surface area (Å²) in [6, 6.07) is 6.52. The number of carbonyl (C=O) groups excluding carboxylic acids is 2. The number of carbonyl (C=O) groups is 2. The van der Waals surface area contributed by atoms with Crippen molar-refractivity contribution in [3.63, 3.8) is 0 Å². The lowest BCUT2D eigenvalue weighted by Crippen LogP contribution is -2.35. The summed E-state index contributed by atoms with van der Waals surface area (Å²) in [7, 11) is 0. The van der Waals surface area contributed by atoms with E-state index < -0.39 is 5.97 Å². The molecule has 18 heavy (non-hydrogen) atoms. The number of amides is 2. The Bertz CT molecular complexity index is 432. The lowest BCUT2D eigenvalue weighted by Gasteiger charge is -2.12. The minimum atomic E-state index is -0.392. The zero-order valence-corrected chi connectivity index (χ0v) is 10.8. The van der Waals surface area contributed by atoms with Crippen LogP contribution >= 0.6 is 0 Å². The Balaban J connectivity index is 2.61. The largest absolute Gasteiger partial charge is 0.427 e. The van der Waals surface area contributed by atoms with Crippen LogP contribution < -0.4 is 15.4 Å². The van der Waals surface area contributed by atoms with Crippen LogP contribution in [0.2, 0.25) is 0 Å². The molecule has 0 radical (unpaired) electrons. The number of hydrogen-bond donors (Lipinski definition) is 2. The van der Waals surface area contributed by atoms with E-state index in [1.54, 1.807) is 24.3 Å². The van der Waals surface area contributed by atoms with Crippen LogP contribution in [0.3, 0.4) is 0 Å². The van der Waals surface area contributed by atoms with Gasteiger partial charge in [-0.25, -0.2) is 4.79 Å². The fraction of sp³-hybridized carbons (Fsp3) is 0.385. The Morgan fingerprint density at radius 1 is 1.39 bits per heavy atom. The quantitative estimate of drug-likeness (QED) is 0.637. The maximum atomic E-state index is 11.6. The van der Waals surface area contributed by atoms with Crippen LogP contribution in [0.15, 0.2) is 24.3 Å². The standard InChI is InChI=1S/C13H18N2O3/c1-4-9(2)14-13(17)15-11-6-5-7-12(8-11)18-10(3)16/h5-9H,4H2,1-3H3,(H2,14,15,17). The SMILES string of the molecule is CCC(C)NC(=O)Nc1cccc(OC(C)=O)c1. The molecular weight excluding hydrogens is 232 g/mol. The third-order valence-electron chi connectivity index (χ3n) is 2.34. The summed E-state index contributed by atoms with van der Waals surface area (Å²) < 4.78 is 4.93. The van der Waals surface area contributed by atoms with E-state index >= 15 is 0 Å². The molecule has 1 rings (SSSR count). The van der Waals surface area contributed by atoms with E-state index in [-0.39, 0.29) is 12.1 Å². The average molecular weight is 250 g/mol. The number of nitrogens with one attached hydrogen (secondary N) is 2.